The number of sulfone groups is 1. The molecule has 0 aliphatic carbocycles. The molecule has 3 rings (SSSR count). The highest BCUT2D eigenvalue weighted by atomic mass is 32.2. The van der Waals surface area contributed by atoms with E-state index in [1.54, 1.807) is 35.9 Å². The van der Waals surface area contributed by atoms with E-state index in [0.717, 1.165) is 27.8 Å². The van der Waals surface area contributed by atoms with Crippen LogP contribution in [0.4, 0.5) is 0 Å². The molecule has 25 heavy (non-hydrogen) atoms. The predicted molar refractivity (Wildman–Crippen MR) is 97.3 cm³/mol. The Balaban J connectivity index is 2.33. The molecular formula is C18H19N3O3S. The van der Waals surface area contributed by atoms with Crippen molar-refractivity contribution in [2.45, 2.75) is 18.7 Å². The molecule has 1 amide bonds. The molecule has 1 aromatic heterocycles. The van der Waals surface area contributed by atoms with Gasteiger partial charge in [0, 0.05) is 18.9 Å². The third-order valence-electron chi connectivity index (χ3n) is 4.49. The molecule has 0 aliphatic heterocycles. The number of benzene rings is 2. The largest absolute Gasteiger partial charge is 0.363 e. The molecule has 6 nitrogen and oxygen atoms in total. The highest BCUT2D eigenvalue weighted by molar-refractivity contribution is 7.90. The third kappa shape index (κ3) is 2.80. The fourth-order valence-corrected chi connectivity index (χ4v) is 3.62. The van der Waals surface area contributed by atoms with Crippen molar-refractivity contribution in [3.63, 3.8) is 0 Å². The Morgan fingerprint density at radius 2 is 1.76 bits per heavy atom. The molecule has 130 valence electrons. The molecule has 1 heterocycles. The van der Waals surface area contributed by atoms with Gasteiger partial charge in [0.2, 0.25) is 0 Å². The molecule has 3 aromatic rings. The Morgan fingerprint density at radius 3 is 2.28 bits per heavy atom. The van der Waals surface area contributed by atoms with Crippen LogP contribution >= 0.6 is 0 Å². The number of hydrogen-bond donors (Lipinski definition) is 1. The van der Waals surface area contributed by atoms with Crippen LogP contribution in [0.25, 0.3) is 22.2 Å². The molecule has 2 aromatic carbocycles. The van der Waals surface area contributed by atoms with Crippen LogP contribution in [0, 0.1) is 13.8 Å². The second-order valence-corrected chi connectivity index (χ2v) is 8.23. The van der Waals surface area contributed by atoms with Gasteiger partial charge in [-0.15, -0.1) is 0 Å². The number of nitrogens with two attached hydrogens (primary N) is 1. The maximum Gasteiger partial charge on any atom is 0.284 e. The minimum Gasteiger partial charge on any atom is -0.363 e. The van der Waals surface area contributed by atoms with Gasteiger partial charge in [0.1, 0.15) is 0 Å². The minimum atomic E-state index is -3.26. The Bertz CT molecular complexity index is 1110. The fraction of sp³-hybridized carbons (Fsp3) is 0.222. The van der Waals surface area contributed by atoms with Gasteiger partial charge in [0.05, 0.1) is 15.9 Å². The van der Waals surface area contributed by atoms with Gasteiger partial charge in [-0.25, -0.2) is 13.4 Å². The number of primary amides is 1. The van der Waals surface area contributed by atoms with Crippen molar-refractivity contribution in [1.29, 1.82) is 0 Å². The van der Waals surface area contributed by atoms with E-state index in [9.17, 15) is 13.2 Å². The zero-order chi connectivity index (χ0) is 18.5. The summed E-state index contributed by atoms with van der Waals surface area (Å²) in [6, 6.07) is 8.65. The number of aromatic nitrogens is 2. The molecule has 0 saturated heterocycles. The Kier molecular flexibility index (Phi) is 3.91. The number of rotatable bonds is 3. The van der Waals surface area contributed by atoms with Crippen LogP contribution in [0.1, 0.15) is 21.7 Å². The van der Waals surface area contributed by atoms with Crippen molar-refractivity contribution < 1.29 is 13.2 Å². The molecule has 0 atom stereocenters. The van der Waals surface area contributed by atoms with Gasteiger partial charge in [-0.2, -0.15) is 0 Å². The van der Waals surface area contributed by atoms with Gasteiger partial charge >= 0.3 is 0 Å². The van der Waals surface area contributed by atoms with Crippen LogP contribution in [0.5, 0.6) is 0 Å². The number of hydrogen-bond acceptors (Lipinski definition) is 4. The molecule has 0 fully saturated rings. The quantitative estimate of drug-likeness (QED) is 0.778. The first kappa shape index (κ1) is 17.2. The number of amides is 1. The molecule has 0 aliphatic rings. The van der Waals surface area contributed by atoms with Crippen molar-refractivity contribution in [2.75, 3.05) is 6.26 Å². The van der Waals surface area contributed by atoms with Gasteiger partial charge in [0.25, 0.3) is 5.91 Å². The summed E-state index contributed by atoms with van der Waals surface area (Å²) in [4.78, 5) is 16.3. The lowest BCUT2D eigenvalue weighted by Gasteiger charge is -2.11. The Morgan fingerprint density at radius 1 is 1.16 bits per heavy atom. The summed E-state index contributed by atoms with van der Waals surface area (Å²) < 4.78 is 25.0. The van der Waals surface area contributed by atoms with Crippen LogP contribution < -0.4 is 5.73 Å². The summed E-state index contributed by atoms with van der Waals surface area (Å²) in [5.41, 5.74) is 10.7. The topological polar surface area (TPSA) is 95.0 Å². The van der Waals surface area contributed by atoms with Gasteiger partial charge in [0.15, 0.2) is 15.7 Å². The first-order chi connectivity index (χ1) is 11.6. The fourth-order valence-electron chi connectivity index (χ4n) is 2.99. The third-order valence-corrected chi connectivity index (χ3v) is 5.62. The van der Waals surface area contributed by atoms with Crippen LogP contribution in [0.2, 0.25) is 0 Å². The standard InChI is InChI=1S/C18H19N3O3S/c1-10-9-14-16(20-18(17(19)22)21(14)3)15(11(10)2)12-5-7-13(8-6-12)25(4,23)24/h5-9H,1-4H3,(H2,19,22). The number of carbonyl (C=O) groups is 1. The summed E-state index contributed by atoms with van der Waals surface area (Å²) in [6.07, 6.45) is 1.18. The maximum atomic E-state index is 11.7. The van der Waals surface area contributed by atoms with Crippen LogP contribution in [-0.2, 0) is 16.9 Å². The van der Waals surface area contributed by atoms with E-state index in [-0.39, 0.29) is 10.7 Å². The summed E-state index contributed by atoms with van der Waals surface area (Å²) in [6.45, 7) is 3.97. The van der Waals surface area contributed by atoms with Gasteiger partial charge in [-0.3, -0.25) is 4.79 Å². The summed E-state index contributed by atoms with van der Waals surface area (Å²) in [5.74, 6) is -0.401. The van der Waals surface area contributed by atoms with Crippen molar-refractivity contribution in [2.24, 2.45) is 12.8 Å². The monoisotopic (exact) mass is 357 g/mol. The van der Waals surface area contributed by atoms with Gasteiger partial charge in [-0.1, -0.05) is 12.1 Å². The number of carbonyl (C=O) groups excluding carboxylic acids is 1. The molecule has 0 saturated carbocycles. The van der Waals surface area contributed by atoms with Gasteiger partial charge in [-0.05, 0) is 48.7 Å². The molecule has 0 spiro atoms. The molecule has 0 bridgehead atoms. The first-order valence-corrected chi connectivity index (χ1v) is 9.57. The van der Waals surface area contributed by atoms with E-state index in [0.29, 0.717) is 5.52 Å². The van der Waals surface area contributed by atoms with Crippen molar-refractivity contribution in [3.05, 3.63) is 47.3 Å². The van der Waals surface area contributed by atoms with E-state index in [4.69, 9.17) is 5.73 Å². The lowest BCUT2D eigenvalue weighted by molar-refractivity contribution is 0.0988. The summed E-state index contributed by atoms with van der Waals surface area (Å²) in [5, 5.41) is 0. The number of nitrogens with zero attached hydrogens (tertiary/aromatic N) is 2. The Hall–Kier alpha value is -2.67. The highest BCUT2D eigenvalue weighted by Crippen LogP contribution is 2.34. The van der Waals surface area contributed by atoms with E-state index < -0.39 is 15.7 Å². The first-order valence-electron chi connectivity index (χ1n) is 7.68. The van der Waals surface area contributed by atoms with E-state index in [2.05, 4.69) is 4.98 Å². The van der Waals surface area contributed by atoms with Crippen LogP contribution in [-0.4, -0.2) is 30.1 Å². The second kappa shape index (κ2) is 5.70. The zero-order valence-corrected chi connectivity index (χ0v) is 15.3. The van der Waals surface area contributed by atoms with Gasteiger partial charge < -0.3 is 10.3 Å². The molecule has 7 heteroatoms. The molecule has 0 radical (unpaired) electrons. The lowest BCUT2D eigenvalue weighted by Crippen LogP contribution is -2.16. The second-order valence-electron chi connectivity index (χ2n) is 6.22. The Labute approximate surface area is 146 Å². The molecule has 0 unspecified atom stereocenters. The molecular weight excluding hydrogens is 338 g/mol. The maximum absolute atomic E-state index is 11.7. The number of imidazole rings is 1. The molecule has 2 N–H and O–H groups in total. The number of fused-ring (bicyclic) bond motifs is 1. The lowest BCUT2D eigenvalue weighted by atomic mass is 9.95. The SMILES string of the molecule is Cc1cc2c(nc(C(N)=O)n2C)c(-c2ccc(S(C)(=O)=O)cc2)c1C. The minimum absolute atomic E-state index is 0.189. The van der Waals surface area contributed by atoms with E-state index in [1.165, 1.54) is 6.26 Å². The average molecular weight is 357 g/mol. The number of aryl methyl sites for hydroxylation is 2. The summed E-state index contributed by atoms with van der Waals surface area (Å²) >= 11 is 0. The predicted octanol–water partition coefficient (Wildman–Crippen LogP) is 2.36. The zero-order valence-electron chi connectivity index (χ0n) is 14.5. The van der Waals surface area contributed by atoms with E-state index in [1.807, 2.05) is 19.9 Å². The van der Waals surface area contributed by atoms with Crippen molar-refractivity contribution in [3.8, 4) is 11.1 Å². The van der Waals surface area contributed by atoms with E-state index >= 15 is 0 Å². The summed E-state index contributed by atoms with van der Waals surface area (Å²) in [7, 11) is -1.51. The highest BCUT2D eigenvalue weighted by Gasteiger charge is 2.19. The van der Waals surface area contributed by atoms with Crippen molar-refractivity contribution in [1.82, 2.24) is 9.55 Å². The smallest absolute Gasteiger partial charge is 0.284 e. The normalized spacial score (nSPS) is 11.8. The van der Waals surface area contributed by atoms with Crippen molar-refractivity contribution >= 4 is 26.8 Å². The van der Waals surface area contributed by atoms with Crippen LogP contribution in [0.3, 0.4) is 0 Å². The van der Waals surface area contributed by atoms with Crippen LogP contribution in [0.15, 0.2) is 35.2 Å². The average Bonchev–Trinajstić information content (AvgIpc) is 2.85.